The first-order chi connectivity index (χ1) is 16.9. The lowest BCUT2D eigenvalue weighted by atomic mass is 10.00. The van der Waals surface area contributed by atoms with Gasteiger partial charge in [-0.2, -0.15) is 5.10 Å². The molecule has 0 spiro atoms. The minimum atomic E-state index is -0.834. The number of ether oxygens (including phenoxy) is 1. The molecule has 5 rings (SSSR count). The molecule has 4 heterocycles. The molecule has 9 nitrogen and oxygen atoms in total. The number of aromatic nitrogens is 5. The van der Waals surface area contributed by atoms with Crippen LogP contribution >= 0.6 is 11.3 Å². The lowest BCUT2D eigenvalue weighted by molar-refractivity contribution is 0.253. The van der Waals surface area contributed by atoms with Crippen molar-refractivity contribution in [2.24, 2.45) is 0 Å². The molecule has 4 N–H and O–H groups in total. The number of benzene rings is 1. The Kier molecular flexibility index (Phi) is 5.72. The van der Waals surface area contributed by atoms with Gasteiger partial charge in [0, 0.05) is 11.3 Å². The van der Waals surface area contributed by atoms with Gasteiger partial charge in [0.05, 0.1) is 30.0 Å². The molecule has 0 amide bonds. The van der Waals surface area contributed by atoms with Crippen LogP contribution < -0.4 is 15.9 Å². The summed E-state index contributed by atoms with van der Waals surface area (Å²) in [5.41, 5.74) is 9.60. The average Bonchev–Trinajstić information content (AvgIpc) is 3.39. The summed E-state index contributed by atoms with van der Waals surface area (Å²) in [6, 6.07) is 7.41. The molecule has 0 aliphatic heterocycles. The number of aliphatic hydroxyl groups is 1. The van der Waals surface area contributed by atoms with Gasteiger partial charge in [0.2, 0.25) is 0 Å². The Morgan fingerprint density at radius 2 is 2.09 bits per heavy atom. The Balaban J connectivity index is 1.77. The lowest BCUT2D eigenvalue weighted by Crippen LogP contribution is -2.15. The van der Waals surface area contributed by atoms with Crippen molar-refractivity contribution in [1.82, 2.24) is 24.7 Å². The summed E-state index contributed by atoms with van der Waals surface area (Å²) in [4.78, 5) is 26.5. The number of nitrogens with zero attached hydrogens (tertiary/aromatic N) is 4. The number of fused-ring (bicyclic) bond motifs is 2. The molecule has 0 fully saturated rings. The maximum absolute atomic E-state index is 13.8. The molecule has 10 heteroatoms. The zero-order valence-corrected chi connectivity index (χ0v) is 20.1. The number of aromatic amines is 1. The fraction of sp³-hybridized carbons (Fsp3) is 0.200. The van der Waals surface area contributed by atoms with Crippen LogP contribution in [0.2, 0.25) is 0 Å². The number of pyridine rings is 1. The zero-order valence-electron chi connectivity index (χ0n) is 19.3. The molecule has 0 radical (unpaired) electrons. The number of thiophene rings is 1. The summed E-state index contributed by atoms with van der Waals surface area (Å²) < 4.78 is 7.21. The van der Waals surface area contributed by atoms with Crippen molar-refractivity contribution < 1.29 is 9.84 Å². The van der Waals surface area contributed by atoms with Gasteiger partial charge in [-0.3, -0.25) is 4.79 Å². The van der Waals surface area contributed by atoms with Gasteiger partial charge in [-0.25, -0.2) is 14.6 Å². The van der Waals surface area contributed by atoms with Crippen LogP contribution in [0, 0.1) is 18.8 Å². The molecule has 0 saturated heterocycles. The van der Waals surface area contributed by atoms with Crippen LogP contribution in [-0.2, 0) is 6.54 Å². The number of anilines is 1. The highest BCUT2D eigenvalue weighted by Crippen LogP contribution is 2.33. The molecule has 0 unspecified atom stereocenters. The third-order valence-electron chi connectivity index (χ3n) is 5.64. The Morgan fingerprint density at radius 3 is 2.86 bits per heavy atom. The van der Waals surface area contributed by atoms with E-state index in [-0.39, 0.29) is 17.8 Å². The number of H-pyrrole nitrogens is 1. The van der Waals surface area contributed by atoms with E-state index < -0.39 is 6.10 Å². The number of aryl methyl sites for hydroxylation is 1. The summed E-state index contributed by atoms with van der Waals surface area (Å²) >= 11 is 1.48. The number of aliphatic hydroxyl groups excluding tert-OH is 1. The Labute approximate surface area is 204 Å². The number of hydrogen-bond donors (Lipinski definition) is 3. The highest BCUT2D eigenvalue weighted by molar-refractivity contribution is 7.16. The van der Waals surface area contributed by atoms with Gasteiger partial charge in [-0.05, 0) is 36.8 Å². The van der Waals surface area contributed by atoms with Crippen LogP contribution in [0.25, 0.3) is 32.4 Å². The van der Waals surface area contributed by atoms with Crippen molar-refractivity contribution >= 4 is 38.4 Å². The molecular formula is C25H22N6O3S. The molecule has 4 aromatic heterocycles. The van der Waals surface area contributed by atoms with Gasteiger partial charge >= 0.3 is 0 Å². The monoisotopic (exact) mass is 486 g/mol. The second kappa shape index (κ2) is 8.87. The molecule has 1 aromatic carbocycles. The van der Waals surface area contributed by atoms with Crippen molar-refractivity contribution in [2.75, 3.05) is 12.8 Å². The molecule has 1 atom stereocenters. The largest absolute Gasteiger partial charge is 0.496 e. The Morgan fingerprint density at radius 1 is 1.29 bits per heavy atom. The number of nitrogen functional groups attached to an aromatic ring is 1. The standard InChI is InChI=1S/C25H22N6O3S/c1-13-11-35-25-19(13)22(33)20(15-6-4-5-7-18(15)34-3)17(29-25)10-31-24-21(23(26)27-12-28-24)16(30-31)9-8-14(2)32/h4-7,11-12,14,32H,10H2,1-3H3,(H,29,33)(H2,26,27,28)/t14-/m1/s1. The summed E-state index contributed by atoms with van der Waals surface area (Å²) in [6.45, 7) is 3.68. The number of nitrogens with two attached hydrogens (primary N) is 1. The van der Waals surface area contributed by atoms with Crippen LogP contribution in [0.1, 0.15) is 23.9 Å². The van der Waals surface area contributed by atoms with Gasteiger partial charge in [0.1, 0.15) is 34.5 Å². The molecule has 35 heavy (non-hydrogen) atoms. The first kappa shape index (κ1) is 22.6. The number of hydrogen-bond acceptors (Lipinski definition) is 8. The normalized spacial score (nSPS) is 12.0. The minimum Gasteiger partial charge on any atom is -0.496 e. The van der Waals surface area contributed by atoms with Gasteiger partial charge in [0.15, 0.2) is 11.1 Å². The SMILES string of the molecule is COc1ccccc1-c1c(Cn2nc(C#C[C@@H](C)O)c3c(N)ncnc32)[nH]c2scc(C)c2c1=O. The van der Waals surface area contributed by atoms with Gasteiger partial charge in [0.25, 0.3) is 0 Å². The summed E-state index contributed by atoms with van der Waals surface area (Å²) in [5, 5.41) is 17.3. The summed E-state index contributed by atoms with van der Waals surface area (Å²) in [5.74, 6) is 6.38. The number of nitrogens with one attached hydrogen (secondary N) is 1. The van der Waals surface area contributed by atoms with E-state index >= 15 is 0 Å². The molecule has 0 aliphatic carbocycles. The molecule has 176 valence electrons. The van der Waals surface area contributed by atoms with Crippen molar-refractivity contribution in [1.29, 1.82) is 0 Å². The van der Waals surface area contributed by atoms with Crippen molar-refractivity contribution in [3.63, 3.8) is 0 Å². The quantitative estimate of drug-likeness (QED) is 0.333. The predicted molar refractivity (Wildman–Crippen MR) is 137 cm³/mol. The van der Waals surface area contributed by atoms with Crippen molar-refractivity contribution in [3.8, 4) is 28.7 Å². The first-order valence-electron chi connectivity index (χ1n) is 10.8. The van der Waals surface area contributed by atoms with Crippen molar-refractivity contribution in [2.45, 2.75) is 26.5 Å². The topological polar surface area (TPSA) is 132 Å². The fourth-order valence-electron chi connectivity index (χ4n) is 4.09. The van der Waals surface area contributed by atoms with E-state index in [9.17, 15) is 9.90 Å². The maximum Gasteiger partial charge on any atom is 0.198 e. The Hall–Kier alpha value is -4.20. The van der Waals surface area contributed by atoms with E-state index in [1.807, 2.05) is 36.6 Å². The van der Waals surface area contributed by atoms with Crippen LogP contribution in [0.15, 0.2) is 40.8 Å². The minimum absolute atomic E-state index is 0.0864. The smallest absolute Gasteiger partial charge is 0.198 e. The van der Waals surface area contributed by atoms with Crippen molar-refractivity contribution in [3.05, 3.63) is 63.1 Å². The molecular weight excluding hydrogens is 464 g/mol. The molecule has 0 aliphatic rings. The lowest BCUT2D eigenvalue weighted by Gasteiger charge is -2.14. The van der Waals surface area contributed by atoms with Crippen LogP contribution in [0.4, 0.5) is 5.82 Å². The fourth-order valence-corrected chi connectivity index (χ4v) is 5.05. The third-order valence-corrected chi connectivity index (χ3v) is 6.65. The van der Waals surface area contributed by atoms with E-state index in [2.05, 4.69) is 31.9 Å². The van der Waals surface area contributed by atoms with Gasteiger partial charge in [-0.1, -0.05) is 24.1 Å². The zero-order chi connectivity index (χ0) is 24.7. The Bertz CT molecular complexity index is 1700. The second-order valence-electron chi connectivity index (χ2n) is 8.04. The second-order valence-corrected chi connectivity index (χ2v) is 8.92. The first-order valence-corrected chi connectivity index (χ1v) is 11.7. The number of para-hydroxylation sites is 1. The molecule has 5 aromatic rings. The van der Waals surface area contributed by atoms with Crippen LogP contribution in [-0.4, -0.2) is 43.1 Å². The van der Waals surface area contributed by atoms with Gasteiger partial charge < -0.3 is 20.6 Å². The summed E-state index contributed by atoms with van der Waals surface area (Å²) in [6.07, 6.45) is 0.524. The van der Waals surface area contributed by atoms with E-state index in [4.69, 9.17) is 10.5 Å². The predicted octanol–water partition coefficient (Wildman–Crippen LogP) is 3.08. The van der Waals surface area contributed by atoms with E-state index in [1.165, 1.54) is 17.7 Å². The average molecular weight is 487 g/mol. The van der Waals surface area contributed by atoms with Crippen LogP contribution in [0.3, 0.4) is 0 Å². The highest BCUT2D eigenvalue weighted by Gasteiger charge is 2.22. The van der Waals surface area contributed by atoms with E-state index in [0.29, 0.717) is 44.7 Å². The van der Waals surface area contributed by atoms with Crippen LogP contribution in [0.5, 0.6) is 5.75 Å². The third kappa shape index (κ3) is 3.90. The molecule has 0 saturated carbocycles. The van der Waals surface area contributed by atoms with Gasteiger partial charge in [-0.15, -0.1) is 11.3 Å². The highest BCUT2D eigenvalue weighted by atomic mass is 32.1. The maximum atomic E-state index is 13.8. The summed E-state index contributed by atoms with van der Waals surface area (Å²) in [7, 11) is 1.58. The molecule has 0 bridgehead atoms. The number of rotatable bonds is 4. The number of methoxy groups -OCH3 is 1. The van der Waals surface area contributed by atoms with E-state index in [1.54, 1.807) is 18.7 Å². The van der Waals surface area contributed by atoms with E-state index in [0.717, 1.165) is 10.4 Å².